The fraction of sp³-hybridized carbons (Fsp3) is 0.409. The van der Waals surface area contributed by atoms with Crippen LogP contribution in [-0.4, -0.2) is 19.0 Å². The Hall–Kier alpha value is -2.00. The molecule has 2 aromatic rings. The molecule has 0 aromatic heterocycles. The molecule has 1 aliphatic heterocycles. The second-order valence-electron chi connectivity index (χ2n) is 7.97. The van der Waals surface area contributed by atoms with Crippen molar-refractivity contribution in [1.82, 2.24) is 0 Å². The number of anilines is 2. The summed E-state index contributed by atoms with van der Waals surface area (Å²) in [5, 5.41) is 3.75. The van der Waals surface area contributed by atoms with E-state index in [1.807, 2.05) is 42.5 Å². The molecular formula is C22H27ClN2O. The summed E-state index contributed by atoms with van der Waals surface area (Å²) in [6.07, 6.45) is 3.57. The van der Waals surface area contributed by atoms with Crippen LogP contribution in [0.2, 0.25) is 5.02 Å². The van der Waals surface area contributed by atoms with Gasteiger partial charge >= 0.3 is 0 Å². The van der Waals surface area contributed by atoms with Crippen molar-refractivity contribution in [3.05, 3.63) is 58.6 Å². The number of piperidine rings is 1. The smallest absolute Gasteiger partial charge is 0.255 e. The molecule has 0 saturated carbocycles. The van der Waals surface area contributed by atoms with Crippen LogP contribution in [0.15, 0.2) is 42.5 Å². The third kappa shape index (κ3) is 4.21. The van der Waals surface area contributed by atoms with Gasteiger partial charge in [-0.3, -0.25) is 4.79 Å². The number of amides is 1. The molecule has 2 aromatic carbocycles. The van der Waals surface area contributed by atoms with E-state index in [0.717, 1.165) is 37.3 Å². The molecule has 138 valence electrons. The molecule has 1 saturated heterocycles. The second-order valence-corrected chi connectivity index (χ2v) is 8.37. The van der Waals surface area contributed by atoms with Gasteiger partial charge in [-0.15, -0.1) is 0 Å². The average Bonchev–Trinajstić information content (AvgIpc) is 2.62. The van der Waals surface area contributed by atoms with Gasteiger partial charge in [-0.05, 0) is 54.5 Å². The molecule has 26 heavy (non-hydrogen) atoms. The highest BCUT2D eigenvalue weighted by Crippen LogP contribution is 2.36. The number of para-hydroxylation sites is 1. The number of nitrogens with one attached hydrogen (secondary N) is 1. The van der Waals surface area contributed by atoms with Crippen molar-refractivity contribution in [3.8, 4) is 0 Å². The monoisotopic (exact) mass is 370 g/mol. The average molecular weight is 371 g/mol. The van der Waals surface area contributed by atoms with E-state index >= 15 is 0 Å². The molecule has 0 radical (unpaired) electrons. The van der Waals surface area contributed by atoms with Gasteiger partial charge in [0.15, 0.2) is 0 Å². The Morgan fingerprint density at radius 1 is 1.00 bits per heavy atom. The third-order valence-electron chi connectivity index (χ3n) is 4.92. The molecule has 3 nitrogen and oxygen atoms in total. The van der Waals surface area contributed by atoms with Crippen LogP contribution >= 0.6 is 11.6 Å². The Labute approximate surface area is 161 Å². The first kappa shape index (κ1) is 18.8. The zero-order valence-electron chi connectivity index (χ0n) is 15.8. The molecule has 1 heterocycles. The first-order valence-electron chi connectivity index (χ1n) is 9.31. The van der Waals surface area contributed by atoms with Gasteiger partial charge in [0.1, 0.15) is 0 Å². The summed E-state index contributed by atoms with van der Waals surface area (Å²) >= 11 is 6.47. The van der Waals surface area contributed by atoms with Crippen LogP contribution in [0.3, 0.4) is 0 Å². The summed E-state index contributed by atoms with van der Waals surface area (Å²) in [7, 11) is 0. The second kappa shape index (κ2) is 7.71. The Bertz CT molecular complexity index is 772. The van der Waals surface area contributed by atoms with E-state index in [-0.39, 0.29) is 11.3 Å². The Morgan fingerprint density at radius 2 is 1.65 bits per heavy atom. The minimum atomic E-state index is -0.106. The van der Waals surface area contributed by atoms with Crippen molar-refractivity contribution >= 4 is 28.9 Å². The van der Waals surface area contributed by atoms with E-state index in [1.165, 1.54) is 12.0 Å². The lowest BCUT2D eigenvalue weighted by Crippen LogP contribution is -2.30. The number of benzene rings is 2. The standard InChI is InChI=1S/C22H27ClN2O/c1-22(2,3)17-12-10-16(11-13-17)21(26)24-19-9-7-8-18(23)20(19)25-14-5-4-6-15-25/h7-13H,4-6,14-15H2,1-3H3,(H,24,26). The van der Waals surface area contributed by atoms with Crippen LogP contribution < -0.4 is 10.2 Å². The van der Waals surface area contributed by atoms with Crippen molar-refractivity contribution in [3.63, 3.8) is 0 Å². The van der Waals surface area contributed by atoms with E-state index < -0.39 is 0 Å². The summed E-state index contributed by atoms with van der Waals surface area (Å²) in [6.45, 7) is 8.45. The minimum absolute atomic E-state index is 0.0728. The maximum absolute atomic E-state index is 12.7. The zero-order chi connectivity index (χ0) is 18.7. The van der Waals surface area contributed by atoms with Crippen LogP contribution in [0.5, 0.6) is 0 Å². The van der Waals surface area contributed by atoms with Crippen molar-refractivity contribution in [2.75, 3.05) is 23.3 Å². The molecule has 1 N–H and O–H groups in total. The predicted octanol–water partition coefficient (Wildman–Crippen LogP) is 5.88. The summed E-state index contributed by atoms with van der Waals surface area (Å²) in [6, 6.07) is 13.5. The first-order valence-corrected chi connectivity index (χ1v) is 9.69. The predicted molar refractivity (Wildman–Crippen MR) is 111 cm³/mol. The van der Waals surface area contributed by atoms with Gasteiger partial charge in [0.05, 0.1) is 16.4 Å². The molecular weight excluding hydrogens is 344 g/mol. The molecule has 4 heteroatoms. The largest absolute Gasteiger partial charge is 0.369 e. The molecule has 3 rings (SSSR count). The van der Waals surface area contributed by atoms with Gasteiger partial charge in [0, 0.05) is 18.7 Å². The van der Waals surface area contributed by atoms with E-state index in [0.29, 0.717) is 10.6 Å². The molecule has 0 spiro atoms. The quantitative estimate of drug-likeness (QED) is 0.731. The molecule has 0 aliphatic carbocycles. The highest BCUT2D eigenvalue weighted by Gasteiger charge is 2.19. The number of nitrogens with zero attached hydrogens (tertiary/aromatic N) is 1. The number of carbonyl (C=O) groups excluding carboxylic acids is 1. The molecule has 1 fully saturated rings. The Morgan fingerprint density at radius 3 is 2.27 bits per heavy atom. The van der Waals surface area contributed by atoms with Gasteiger partial charge in [-0.2, -0.15) is 0 Å². The third-order valence-corrected chi connectivity index (χ3v) is 5.23. The van der Waals surface area contributed by atoms with Crippen molar-refractivity contribution < 1.29 is 4.79 Å². The highest BCUT2D eigenvalue weighted by molar-refractivity contribution is 6.34. The molecule has 1 amide bonds. The number of rotatable bonds is 3. The number of hydrogen-bond acceptors (Lipinski definition) is 2. The SMILES string of the molecule is CC(C)(C)c1ccc(C(=O)Nc2cccc(Cl)c2N2CCCCC2)cc1. The fourth-order valence-corrected chi connectivity index (χ4v) is 3.67. The van der Waals surface area contributed by atoms with E-state index in [9.17, 15) is 4.79 Å². The van der Waals surface area contributed by atoms with E-state index in [4.69, 9.17) is 11.6 Å². The number of carbonyl (C=O) groups is 1. The summed E-state index contributed by atoms with van der Waals surface area (Å²) < 4.78 is 0. The maximum atomic E-state index is 12.7. The summed E-state index contributed by atoms with van der Waals surface area (Å²) in [5.74, 6) is -0.106. The maximum Gasteiger partial charge on any atom is 0.255 e. The van der Waals surface area contributed by atoms with Crippen LogP contribution in [0, 0.1) is 0 Å². The normalized spacial score (nSPS) is 15.0. The number of halogens is 1. The van der Waals surface area contributed by atoms with Crippen molar-refractivity contribution in [2.45, 2.75) is 45.4 Å². The lowest BCUT2D eigenvalue weighted by Gasteiger charge is -2.31. The zero-order valence-corrected chi connectivity index (χ0v) is 16.6. The highest BCUT2D eigenvalue weighted by atomic mass is 35.5. The lowest BCUT2D eigenvalue weighted by molar-refractivity contribution is 0.102. The summed E-state index contributed by atoms with van der Waals surface area (Å²) in [5.41, 5.74) is 3.66. The number of hydrogen-bond donors (Lipinski definition) is 1. The topological polar surface area (TPSA) is 32.3 Å². The van der Waals surface area contributed by atoms with Gasteiger partial charge in [-0.25, -0.2) is 0 Å². The molecule has 0 unspecified atom stereocenters. The van der Waals surface area contributed by atoms with Crippen molar-refractivity contribution in [2.24, 2.45) is 0 Å². The van der Waals surface area contributed by atoms with Crippen molar-refractivity contribution in [1.29, 1.82) is 0 Å². The molecule has 1 aliphatic rings. The van der Waals surface area contributed by atoms with Crippen LogP contribution in [0.25, 0.3) is 0 Å². The van der Waals surface area contributed by atoms with Gasteiger partial charge in [0.2, 0.25) is 0 Å². The van der Waals surface area contributed by atoms with Crippen LogP contribution in [-0.2, 0) is 5.41 Å². The first-order chi connectivity index (χ1) is 12.4. The van der Waals surface area contributed by atoms with E-state index in [2.05, 4.69) is 31.0 Å². The van der Waals surface area contributed by atoms with Gasteiger partial charge in [-0.1, -0.05) is 50.6 Å². The van der Waals surface area contributed by atoms with E-state index in [1.54, 1.807) is 0 Å². The molecule has 0 bridgehead atoms. The van der Waals surface area contributed by atoms with Crippen LogP contribution in [0.1, 0.15) is 56.0 Å². The summed E-state index contributed by atoms with van der Waals surface area (Å²) in [4.78, 5) is 15.0. The minimum Gasteiger partial charge on any atom is -0.369 e. The Kier molecular flexibility index (Phi) is 5.57. The fourth-order valence-electron chi connectivity index (χ4n) is 3.37. The molecule has 0 atom stereocenters. The Balaban J connectivity index is 1.82. The lowest BCUT2D eigenvalue weighted by atomic mass is 9.87. The van der Waals surface area contributed by atoms with Crippen LogP contribution in [0.4, 0.5) is 11.4 Å². The van der Waals surface area contributed by atoms with Gasteiger partial charge < -0.3 is 10.2 Å². The van der Waals surface area contributed by atoms with Gasteiger partial charge in [0.25, 0.3) is 5.91 Å².